The monoisotopic (exact) mass is 216 g/mol. The first-order valence-electron chi connectivity index (χ1n) is 3.99. The summed E-state index contributed by atoms with van der Waals surface area (Å²) in [6, 6.07) is 0.757. The number of nitrogens with zero attached hydrogens (tertiary/aromatic N) is 2. The van der Waals surface area contributed by atoms with Crippen molar-refractivity contribution in [1.82, 2.24) is 9.97 Å². The first-order valence-corrected chi connectivity index (χ1v) is 3.99. The minimum absolute atomic E-state index is 0.259. The lowest BCUT2D eigenvalue weighted by Gasteiger charge is -2.03. The fourth-order valence-electron chi connectivity index (χ4n) is 0.746. The minimum Gasteiger partial charge on any atom is -0.381 e. The molecule has 0 amide bonds. The van der Waals surface area contributed by atoms with E-state index in [0.717, 1.165) is 12.3 Å². The van der Waals surface area contributed by atoms with Crippen LogP contribution in [0.15, 0.2) is 12.3 Å². The number of aliphatic hydroxyl groups is 1. The third kappa shape index (κ3) is 3.56. The van der Waals surface area contributed by atoms with Crippen LogP contribution in [0.1, 0.15) is 18.4 Å². The van der Waals surface area contributed by atoms with Crippen molar-refractivity contribution < 1.29 is 18.3 Å². The van der Waals surface area contributed by atoms with Crippen LogP contribution in [0.2, 0.25) is 0 Å². The highest BCUT2D eigenvalue weighted by Crippen LogP contribution is 2.26. The molecule has 1 rings (SSSR count). The number of aliphatic hydroxyl groups excluding tert-OH is 1. The second-order valence-corrected chi connectivity index (χ2v) is 2.71. The summed E-state index contributed by atoms with van der Waals surface area (Å²) in [4.78, 5) is 6.72. The van der Waals surface area contributed by atoms with Gasteiger partial charge in [-0.1, -0.05) is 5.92 Å². The van der Waals surface area contributed by atoms with E-state index in [1.54, 1.807) is 0 Å². The molecule has 0 spiro atoms. The minimum atomic E-state index is -4.51. The molecule has 0 saturated heterocycles. The molecule has 1 aromatic rings. The number of hydrogen-bond acceptors (Lipinski definition) is 3. The second kappa shape index (κ2) is 4.28. The molecule has 1 unspecified atom stereocenters. The standard InChI is InChI=1S/C9H7F3N2O/c1-6(15)2-3-8-13-5-4-7(14-8)9(10,11)12/h4-6,15H,1H3. The summed E-state index contributed by atoms with van der Waals surface area (Å²) in [5.41, 5.74) is -1.05. The molecule has 1 atom stereocenters. The maximum atomic E-state index is 12.2. The number of halogens is 3. The SMILES string of the molecule is CC(O)C#Cc1nccc(C(F)(F)F)n1. The number of rotatable bonds is 0. The highest BCUT2D eigenvalue weighted by molar-refractivity contribution is 5.23. The number of alkyl halides is 3. The lowest BCUT2D eigenvalue weighted by atomic mass is 10.3. The first kappa shape index (κ1) is 11.5. The van der Waals surface area contributed by atoms with Crippen molar-refractivity contribution in [3.8, 4) is 11.8 Å². The van der Waals surface area contributed by atoms with Gasteiger partial charge in [0.1, 0.15) is 11.8 Å². The molecular weight excluding hydrogens is 209 g/mol. The summed E-state index contributed by atoms with van der Waals surface area (Å²) in [6.45, 7) is 1.39. The maximum absolute atomic E-state index is 12.2. The molecule has 0 radical (unpaired) electrons. The molecule has 0 aliphatic heterocycles. The van der Waals surface area contributed by atoms with Gasteiger partial charge in [0.25, 0.3) is 0 Å². The van der Waals surface area contributed by atoms with Gasteiger partial charge in [-0.15, -0.1) is 0 Å². The van der Waals surface area contributed by atoms with Crippen molar-refractivity contribution in [2.45, 2.75) is 19.2 Å². The van der Waals surface area contributed by atoms with Crippen molar-refractivity contribution in [3.05, 3.63) is 23.8 Å². The Balaban J connectivity index is 3.00. The largest absolute Gasteiger partial charge is 0.433 e. The van der Waals surface area contributed by atoms with E-state index in [1.807, 2.05) is 0 Å². The fraction of sp³-hybridized carbons (Fsp3) is 0.333. The van der Waals surface area contributed by atoms with Gasteiger partial charge in [0.2, 0.25) is 5.82 Å². The third-order valence-corrected chi connectivity index (χ3v) is 1.34. The van der Waals surface area contributed by atoms with E-state index >= 15 is 0 Å². The molecule has 0 aliphatic rings. The molecule has 0 saturated carbocycles. The van der Waals surface area contributed by atoms with Crippen molar-refractivity contribution in [2.24, 2.45) is 0 Å². The van der Waals surface area contributed by atoms with Crippen LogP contribution in [0, 0.1) is 11.8 Å². The van der Waals surface area contributed by atoms with Gasteiger partial charge in [-0.2, -0.15) is 13.2 Å². The van der Waals surface area contributed by atoms with E-state index in [4.69, 9.17) is 5.11 Å². The van der Waals surface area contributed by atoms with Gasteiger partial charge in [-0.3, -0.25) is 0 Å². The fourth-order valence-corrected chi connectivity index (χ4v) is 0.746. The molecule has 80 valence electrons. The Bertz CT molecular complexity index is 404. The zero-order valence-corrected chi connectivity index (χ0v) is 7.71. The lowest BCUT2D eigenvalue weighted by molar-refractivity contribution is -0.141. The van der Waals surface area contributed by atoms with Crippen molar-refractivity contribution in [1.29, 1.82) is 0 Å². The Morgan fingerprint density at radius 2 is 2.13 bits per heavy atom. The van der Waals surface area contributed by atoms with Crippen LogP contribution < -0.4 is 0 Å². The molecule has 1 aromatic heterocycles. The molecule has 1 N–H and O–H groups in total. The van der Waals surface area contributed by atoms with Gasteiger partial charge in [0.05, 0.1) is 0 Å². The van der Waals surface area contributed by atoms with Gasteiger partial charge in [-0.25, -0.2) is 9.97 Å². The van der Waals surface area contributed by atoms with Crippen LogP contribution in [-0.4, -0.2) is 21.2 Å². The van der Waals surface area contributed by atoms with E-state index in [2.05, 4.69) is 21.8 Å². The van der Waals surface area contributed by atoms with Crippen LogP contribution >= 0.6 is 0 Å². The van der Waals surface area contributed by atoms with Gasteiger partial charge in [0, 0.05) is 6.20 Å². The Labute approximate surface area is 84.0 Å². The van der Waals surface area contributed by atoms with Gasteiger partial charge >= 0.3 is 6.18 Å². The van der Waals surface area contributed by atoms with E-state index in [1.165, 1.54) is 6.92 Å². The molecule has 6 heteroatoms. The Kier molecular flexibility index (Phi) is 3.27. The van der Waals surface area contributed by atoms with E-state index < -0.39 is 18.0 Å². The summed E-state index contributed by atoms with van der Waals surface area (Å²) in [7, 11) is 0. The molecule has 0 bridgehead atoms. The van der Waals surface area contributed by atoms with Gasteiger partial charge < -0.3 is 5.11 Å². The van der Waals surface area contributed by atoms with Crippen molar-refractivity contribution in [2.75, 3.05) is 0 Å². The summed E-state index contributed by atoms with van der Waals surface area (Å²) in [5.74, 6) is 4.23. The Morgan fingerprint density at radius 1 is 1.47 bits per heavy atom. The molecule has 15 heavy (non-hydrogen) atoms. The Hall–Kier alpha value is -1.61. The Morgan fingerprint density at radius 3 is 2.67 bits per heavy atom. The van der Waals surface area contributed by atoms with Gasteiger partial charge in [0.15, 0.2) is 0 Å². The van der Waals surface area contributed by atoms with Crippen molar-refractivity contribution in [3.63, 3.8) is 0 Å². The highest BCUT2D eigenvalue weighted by atomic mass is 19.4. The van der Waals surface area contributed by atoms with Crippen LogP contribution in [0.3, 0.4) is 0 Å². The van der Waals surface area contributed by atoms with E-state index in [9.17, 15) is 13.2 Å². The molecule has 0 fully saturated rings. The zero-order chi connectivity index (χ0) is 11.5. The average Bonchev–Trinajstić information content (AvgIpc) is 2.14. The smallest absolute Gasteiger partial charge is 0.381 e. The molecule has 0 aromatic carbocycles. The van der Waals surface area contributed by atoms with Crippen LogP contribution in [0.5, 0.6) is 0 Å². The van der Waals surface area contributed by atoms with Gasteiger partial charge in [-0.05, 0) is 18.9 Å². The lowest BCUT2D eigenvalue weighted by Crippen LogP contribution is -2.09. The zero-order valence-electron chi connectivity index (χ0n) is 7.71. The predicted octanol–water partition coefficient (Wildman–Crippen LogP) is 1.23. The molecule has 0 aliphatic carbocycles. The summed E-state index contributed by atoms with van der Waals surface area (Å²) in [5, 5.41) is 8.79. The average molecular weight is 216 g/mol. The van der Waals surface area contributed by atoms with E-state index in [0.29, 0.717) is 0 Å². The second-order valence-electron chi connectivity index (χ2n) is 2.71. The molecule has 1 heterocycles. The summed E-state index contributed by atoms with van der Waals surface area (Å²) < 4.78 is 36.5. The number of aromatic nitrogens is 2. The maximum Gasteiger partial charge on any atom is 0.433 e. The summed E-state index contributed by atoms with van der Waals surface area (Å²) >= 11 is 0. The highest BCUT2D eigenvalue weighted by Gasteiger charge is 2.32. The van der Waals surface area contributed by atoms with E-state index in [-0.39, 0.29) is 5.82 Å². The third-order valence-electron chi connectivity index (χ3n) is 1.34. The topological polar surface area (TPSA) is 46.0 Å². The van der Waals surface area contributed by atoms with Crippen LogP contribution in [0.25, 0.3) is 0 Å². The molecular formula is C9H7F3N2O. The molecule has 3 nitrogen and oxygen atoms in total. The normalized spacial score (nSPS) is 12.9. The van der Waals surface area contributed by atoms with Crippen LogP contribution in [0.4, 0.5) is 13.2 Å². The van der Waals surface area contributed by atoms with Crippen molar-refractivity contribution >= 4 is 0 Å². The summed E-state index contributed by atoms with van der Waals surface area (Å²) in [6.07, 6.45) is -4.46. The first-order chi connectivity index (χ1) is 6.89. The predicted molar refractivity (Wildman–Crippen MR) is 45.6 cm³/mol. The quantitative estimate of drug-likeness (QED) is 0.663. The van der Waals surface area contributed by atoms with Crippen LogP contribution in [-0.2, 0) is 6.18 Å². The number of hydrogen-bond donors (Lipinski definition) is 1.